The summed E-state index contributed by atoms with van der Waals surface area (Å²) in [5.41, 5.74) is 6.51. The van der Waals surface area contributed by atoms with Crippen molar-refractivity contribution in [2.45, 2.75) is 45.3 Å². The molecule has 9 heteroatoms. The highest BCUT2D eigenvalue weighted by molar-refractivity contribution is 6.31. The van der Waals surface area contributed by atoms with E-state index < -0.39 is 11.4 Å². The molecule has 4 rings (SSSR count). The molecule has 0 aliphatic carbocycles. The number of piperazine rings is 1. The van der Waals surface area contributed by atoms with Gasteiger partial charge in [-0.1, -0.05) is 23.7 Å². The standard InChI is InChI=1S/C24H28ClN5O3/c1-15(2)29-13-21(31)30(12-17-4-6-19(25)16(3)10-17)24(23(29)33)8-9-28(14-24)20-7-5-18(11-27-20)22(26)32/h4-7,10-11,15H,8-9,12-14H2,1-3H3,(H2,26,32). The molecule has 1 spiro atoms. The maximum absolute atomic E-state index is 13.8. The highest BCUT2D eigenvalue weighted by atomic mass is 35.5. The van der Waals surface area contributed by atoms with E-state index in [2.05, 4.69) is 4.98 Å². The quantitative estimate of drug-likeness (QED) is 0.724. The summed E-state index contributed by atoms with van der Waals surface area (Å²) in [6, 6.07) is 8.94. The Morgan fingerprint density at radius 3 is 2.61 bits per heavy atom. The van der Waals surface area contributed by atoms with Crippen LogP contribution < -0.4 is 10.6 Å². The summed E-state index contributed by atoms with van der Waals surface area (Å²) in [4.78, 5) is 48.3. The Balaban J connectivity index is 1.68. The van der Waals surface area contributed by atoms with Crippen LogP contribution in [0.1, 0.15) is 41.8 Å². The first-order chi connectivity index (χ1) is 15.6. The normalized spacial score (nSPS) is 20.9. The van der Waals surface area contributed by atoms with E-state index in [0.29, 0.717) is 42.5 Å². The zero-order valence-electron chi connectivity index (χ0n) is 19.0. The molecule has 0 radical (unpaired) electrons. The summed E-state index contributed by atoms with van der Waals surface area (Å²) in [5.74, 6) is -0.0214. The minimum absolute atomic E-state index is 0.0426. The average molecular weight is 470 g/mol. The van der Waals surface area contributed by atoms with Crippen LogP contribution in [-0.4, -0.2) is 63.7 Å². The first kappa shape index (κ1) is 23.0. The summed E-state index contributed by atoms with van der Waals surface area (Å²) < 4.78 is 0. The zero-order chi connectivity index (χ0) is 23.9. The fourth-order valence-electron chi connectivity index (χ4n) is 4.67. The van der Waals surface area contributed by atoms with Crippen molar-refractivity contribution in [3.8, 4) is 0 Å². The molecule has 2 N–H and O–H groups in total. The number of aromatic nitrogens is 1. The van der Waals surface area contributed by atoms with E-state index in [1.54, 1.807) is 21.9 Å². The van der Waals surface area contributed by atoms with Crippen LogP contribution in [0.5, 0.6) is 0 Å². The van der Waals surface area contributed by atoms with Gasteiger partial charge in [0.15, 0.2) is 0 Å². The number of carbonyl (C=O) groups excluding carboxylic acids is 3. The Hall–Kier alpha value is -3.13. The number of carbonyl (C=O) groups is 3. The molecular weight excluding hydrogens is 442 g/mol. The highest BCUT2D eigenvalue weighted by Gasteiger charge is 2.56. The molecule has 2 fully saturated rings. The minimum atomic E-state index is -0.989. The summed E-state index contributed by atoms with van der Waals surface area (Å²) in [6.07, 6.45) is 1.93. The van der Waals surface area contributed by atoms with Gasteiger partial charge in [0.25, 0.3) is 5.91 Å². The number of amides is 3. The topological polar surface area (TPSA) is 99.8 Å². The highest BCUT2D eigenvalue weighted by Crippen LogP contribution is 2.37. The van der Waals surface area contributed by atoms with Crippen LogP contribution in [0.4, 0.5) is 5.82 Å². The number of hydrogen-bond donors (Lipinski definition) is 1. The van der Waals surface area contributed by atoms with Crippen LogP contribution in [0.25, 0.3) is 0 Å². The van der Waals surface area contributed by atoms with Crippen LogP contribution in [-0.2, 0) is 16.1 Å². The number of halogens is 1. The first-order valence-corrected chi connectivity index (χ1v) is 11.4. The molecule has 0 bridgehead atoms. The predicted molar refractivity (Wildman–Crippen MR) is 126 cm³/mol. The molecule has 8 nitrogen and oxygen atoms in total. The minimum Gasteiger partial charge on any atom is -0.366 e. The second-order valence-corrected chi connectivity index (χ2v) is 9.47. The second kappa shape index (κ2) is 8.67. The van der Waals surface area contributed by atoms with E-state index >= 15 is 0 Å². The van der Waals surface area contributed by atoms with E-state index in [-0.39, 0.29) is 24.4 Å². The third-order valence-corrected chi connectivity index (χ3v) is 7.00. The number of aryl methyl sites for hydroxylation is 1. The number of nitrogens with zero attached hydrogens (tertiary/aromatic N) is 4. The first-order valence-electron chi connectivity index (χ1n) is 11.0. The van der Waals surface area contributed by atoms with Gasteiger partial charge in [-0.05, 0) is 56.5 Å². The molecule has 3 heterocycles. The lowest BCUT2D eigenvalue weighted by molar-refractivity contribution is -0.166. The predicted octanol–water partition coefficient (Wildman–Crippen LogP) is 2.37. The Kier molecular flexibility index (Phi) is 6.05. The van der Waals surface area contributed by atoms with Crippen LogP contribution in [0, 0.1) is 6.92 Å². The smallest absolute Gasteiger partial charge is 0.251 e. The van der Waals surface area contributed by atoms with Gasteiger partial charge in [-0.15, -0.1) is 0 Å². The lowest BCUT2D eigenvalue weighted by Crippen LogP contribution is -2.69. The van der Waals surface area contributed by atoms with E-state index in [9.17, 15) is 14.4 Å². The van der Waals surface area contributed by atoms with Gasteiger partial charge in [0.2, 0.25) is 11.8 Å². The van der Waals surface area contributed by atoms with Crippen molar-refractivity contribution in [2.75, 3.05) is 24.5 Å². The summed E-state index contributed by atoms with van der Waals surface area (Å²) in [6.45, 7) is 7.05. The fourth-order valence-corrected chi connectivity index (χ4v) is 4.79. The number of nitrogens with two attached hydrogens (primary N) is 1. The van der Waals surface area contributed by atoms with Gasteiger partial charge in [-0.25, -0.2) is 4.98 Å². The molecule has 0 saturated carbocycles. The Bertz CT molecular complexity index is 1100. The third kappa shape index (κ3) is 4.15. The van der Waals surface area contributed by atoms with Crippen molar-refractivity contribution < 1.29 is 14.4 Å². The van der Waals surface area contributed by atoms with Crippen LogP contribution in [0.3, 0.4) is 0 Å². The van der Waals surface area contributed by atoms with Crippen molar-refractivity contribution in [3.63, 3.8) is 0 Å². The molecule has 1 atom stereocenters. The number of benzene rings is 1. The Labute approximate surface area is 198 Å². The Morgan fingerprint density at radius 2 is 2.00 bits per heavy atom. The molecule has 2 saturated heterocycles. The van der Waals surface area contributed by atoms with Gasteiger partial charge in [-0.2, -0.15) is 0 Å². The van der Waals surface area contributed by atoms with Gasteiger partial charge in [0.1, 0.15) is 17.9 Å². The Morgan fingerprint density at radius 1 is 1.24 bits per heavy atom. The van der Waals surface area contributed by atoms with Crippen LogP contribution in [0.2, 0.25) is 5.02 Å². The molecule has 174 valence electrons. The molecule has 2 aliphatic heterocycles. The summed E-state index contributed by atoms with van der Waals surface area (Å²) in [7, 11) is 0. The van der Waals surface area contributed by atoms with Crippen LogP contribution >= 0.6 is 11.6 Å². The molecule has 1 aromatic carbocycles. The number of pyridine rings is 1. The van der Waals surface area contributed by atoms with E-state index in [1.807, 2.05) is 43.9 Å². The number of primary amides is 1. The van der Waals surface area contributed by atoms with E-state index in [0.717, 1.165) is 11.1 Å². The second-order valence-electron chi connectivity index (χ2n) is 9.06. The van der Waals surface area contributed by atoms with Gasteiger partial charge < -0.3 is 20.4 Å². The molecule has 2 aromatic rings. The van der Waals surface area contributed by atoms with Crippen molar-refractivity contribution in [1.29, 1.82) is 0 Å². The molecule has 33 heavy (non-hydrogen) atoms. The van der Waals surface area contributed by atoms with E-state index in [1.165, 1.54) is 6.20 Å². The van der Waals surface area contributed by atoms with Crippen molar-refractivity contribution >= 4 is 35.1 Å². The monoisotopic (exact) mass is 469 g/mol. The maximum Gasteiger partial charge on any atom is 0.251 e. The van der Waals surface area contributed by atoms with Crippen molar-refractivity contribution in [1.82, 2.24) is 14.8 Å². The molecule has 1 aromatic heterocycles. The number of hydrogen-bond acceptors (Lipinski definition) is 5. The van der Waals surface area contributed by atoms with Crippen molar-refractivity contribution in [2.24, 2.45) is 5.73 Å². The van der Waals surface area contributed by atoms with E-state index in [4.69, 9.17) is 17.3 Å². The largest absolute Gasteiger partial charge is 0.366 e. The molecule has 2 aliphatic rings. The molecule has 1 unspecified atom stereocenters. The van der Waals surface area contributed by atoms with Gasteiger partial charge in [0.05, 0.1) is 12.1 Å². The SMILES string of the molecule is Cc1cc(CN2C(=O)CN(C(C)C)C(=O)C23CCN(c2ccc(C(N)=O)cn2)C3)ccc1Cl. The fraction of sp³-hybridized carbons (Fsp3) is 0.417. The van der Waals surface area contributed by atoms with Gasteiger partial charge in [-0.3, -0.25) is 14.4 Å². The van der Waals surface area contributed by atoms with Crippen LogP contribution in [0.15, 0.2) is 36.5 Å². The third-order valence-electron chi connectivity index (χ3n) is 6.57. The van der Waals surface area contributed by atoms with Crippen molar-refractivity contribution in [3.05, 3.63) is 58.2 Å². The lowest BCUT2D eigenvalue weighted by atomic mass is 9.89. The number of anilines is 1. The van der Waals surface area contributed by atoms with Gasteiger partial charge >= 0.3 is 0 Å². The average Bonchev–Trinajstić information content (AvgIpc) is 3.22. The zero-order valence-corrected chi connectivity index (χ0v) is 19.8. The van der Waals surface area contributed by atoms with Gasteiger partial charge in [0, 0.05) is 30.4 Å². The maximum atomic E-state index is 13.8. The number of rotatable bonds is 5. The summed E-state index contributed by atoms with van der Waals surface area (Å²) >= 11 is 6.18. The molecule has 3 amide bonds. The summed E-state index contributed by atoms with van der Waals surface area (Å²) in [5, 5.41) is 0.665. The molecular formula is C24H28ClN5O3. The lowest BCUT2D eigenvalue weighted by Gasteiger charge is -2.48.